The lowest BCUT2D eigenvalue weighted by Gasteiger charge is -2.32. The highest BCUT2D eigenvalue weighted by Gasteiger charge is 2.59. The van der Waals surface area contributed by atoms with Gasteiger partial charge in [0.1, 0.15) is 29.7 Å². The van der Waals surface area contributed by atoms with Gasteiger partial charge in [-0.25, -0.2) is 23.7 Å². The lowest BCUT2D eigenvalue weighted by atomic mass is 9.80. The minimum Gasteiger partial charge on any atom is -0.383 e. The number of pyridine rings is 1. The SMILES string of the molecule is CC1(C)O[C@H]2[C@H](n3ccc4c(N)ncnc43)C[C@](C)(CCc3ccc4cc(C(C)(F)F)c(N)nc4c3)[C@H]2O1. The molecule has 4 aromatic rings. The fourth-order valence-electron chi connectivity index (χ4n) is 6.24. The molecule has 1 aromatic carbocycles. The van der Waals surface area contributed by atoms with E-state index in [1.54, 1.807) is 0 Å². The van der Waals surface area contributed by atoms with Crippen LogP contribution in [0.25, 0.3) is 21.9 Å². The molecule has 8 nitrogen and oxygen atoms in total. The standard InChI is InChI=1S/C28H32F2N6O2/c1-26(2)37-21-20(36-10-8-17-23(31)33-14-34-25(17)36)13-27(3,22(21)38-26)9-7-15-5-6-16-12-18(28(4,29)30)24(32)35-19(16)11-15/h5-6,8,10-12,14,20-22H,7,9,13H2,1-4H3,(H2,32,35)(H2,31,33,34)/t20-,21+,22+,27+/m1/s1. The van der Waals surface area contributed by atoms with Crippen molar-refractivity contribution in [3.8, 4) is 0 Å². The third-order valence-electron chi connectivity index (χ3n) is 8.14. The van der Waals surface area contributed by atoms with Gasteiger partial charge < -0.3 is 25.5 Å². The molecule has 4 N–H and O–H groups in total. The van der Waals surface area contributed by atoms with Crippen molar-refractivity contribution >= 4 is 33.6 Å². The second-order valence-electron chi connectivity index (χ2n) is 11.5. The maximum absolute atomic E-state index is 13.9. The van der Waals surface area contributed by atoms with Gasteiger partial charge in [0.05, 0.1) is 28.6 Å². The van der Waals surface area contributed by atoms with E-state index in [4.69, 9.17) is 20.9 Å². The molecule has 4 atom stereocenters. The van der Waals surface area contributed by atoms with Crippen molar-refractivity contribution in [3.05, 3.63) is 54.0 Å². The number of hydrogen-bond acceptors (Lipinski definition) is 7. The van der Waals surface area contributed by atoms with Gasteiger partial charge in [-0.05, 0) is 62.3 Å². The first-order chi connectivity index (χ1) is 17.8. The summed E-state index contributed by atoms with van der Waals surface area (Å²) in [7, 11) is 0. The number of aromatic nitrogens is 4. The maximum Gasteiger partial charge on any atom is 0.274 e. The summed E-state index contributed by atoms with van der Waals surface area (Å²) in [6.07, 6.45) is 5.68. The van der Waals surface area contributed by atoms with Gasteiger partial charge in [-0.2, -0.15) is 0 Å². The highest BCUT2D eigenvalue weighted by molar-refractivity contribution is 5.86. The van der Waals surface area contributed by atoms with E-state index in [1.165, 1.54) is 12.4 Å². The van der Waals surface area contributed by atoms with Crippen LogP contribution < -0.4 is 11.5 Å². The molecule has 0 radical (unpaired) electrons. The number of hydrogen-bond donors (Lipinski definition) is 2. The predicted molar refractivity (Wildman–Crippen MR) is 142 cm³/mol. The molecule has 1 aliphatic heterocycles. The molecular formula is C28H32F2N6O2. The second-order valence-corrected chi connectivity index (χ2v) is 11.5. The Kier molecular flexibility index (Phi) is 5.46. The number of anilines is 2. The number of aryl methyl sites for hydroxylation is 1. The number of fused-ring (bicyclic) bond motifs is 3. The molecule has 1 aliphatic carbocycles. The molecule has 4 heterocycles. The summed E-state index contributed by atoms with van der Waals surface area (Å²) in [6, 6.07) is 9.14. The number of alkyl halides is 2. The zero-order chi connectivity index (χ0) is 27.0. The van der Waals surface area contributed by atoms with Gasteiger partial charge in [0.25, 0.3) is 5.92 Å². The highest BCUT2D eigenvalue weighted by atomic mass is 19.3. The van der Waals surface area contributed by atoms with Gasteiger partial charge in [0, 0.05) is 18.5 Å². The number of nitrogens with two attached hydrogens (primary N) is 2. The smallest absolute Gasteiger partial charge is 0.274 e. The molecule has 0 amide bonds. The van der Waals surface area contributed by atoms with Gasteiger partial charge in [0.15, 0.2) is 5.79 Å². The summed E-state index contributed by atoms with van der Waals surface area (Å²) >= 11 is 0. The van der Waals surface area contributed by atoms with Crippen LogP contribution in [0.5, 0.6) is 0 Å². The Morgan fingerprint density at radius 3 is 2.63 bits per heavy atom. The van der Waals surface area contributed by atoms with Crippen LogP contribution in [0.2, 0.25) is 0 Å². The first-order valence-corrected chi connectivity index (χ1v) is 12.8. The molecule has 10 heteroatoms. The van der Waals surface area contributed by atoms with Crippen LogP contribution in [-0.2, 0) is 21.8 Å². The highest BCUT2D eigenvalue weighted by Crippen LogP contribution is 2.55. The number of rotatable bonds is 5. The molecule has 38 heavy (non-hydrogen) atoms. The zero-order valence-corrected chi connectivity index (χ0v) is 21.9. The third-order valence-corrected chi connectivity index (χ3v) is 8.14. The largest absolute Gasteiger partial charge is 0.383 e. The van der Waals surface area contributed by atoms with E-state index in [0.29, 0.717) is 16.7 Å². The first kappa shape index (κ1) is 24.9. The lowest BCUT2D eigenvalue weighted by Crippen LogP contribution is -2.34. The Morgan fingerprint density at radius 1 is 1.08 bits per heavy atom. The van der Waals surface area contributed by atoms with Crippen LogP contribution in [0.4, 0.5) is 20.4 Å². The van der Waals surface area contributed by atoms with Crippen molar-refractivity contribution in [2.45, 2.75) is 76.9 Å². The molecule has 3 aromatic heterocycles. The molecule has 2 fully saturated rings. The summed E-state index contributed by atoms with van der Waals surface area (Å²) in [5.74, 6) is -3.43. The number of nitrogen functional groups attached to an aromatic ring is 2. The molecule has 0 bridgehead atoms. The van der Waals surface area contributed by atoms with Crippen LogP contribution in [0.1, 0.15) is 57.7 Å². The Bertz CT molecular complexity index is 1550. The third kappa shape index (κ3) is 4.06. The zero-order valence-electron chi connectivity index (χ0n) is 21.9. The predicted octanol–water partition coefficient (Wildman–Crippen LogP) is 5.36. The van der Waals surface area contributed by atoms with Crippen LogP contribution >= 0.6 is 0 Å². The van der Waals surface area contributed by atoms with E-state index in [2.05, 4.69) is 26.4 Å². The molecule has 2 aliphatic rings. The minimum atomic E-state index is -3.05. The van der Waals surface area contributed by atoms with Crippen LogP contribution in [0.15, 0.2) is 42.9 Å². The molecule has 200 valence electrons. The molecule has 1 saturated heterocycles. The number of nitrogens with zero attached hydrogens (tertiary/aromatic N) is 4. The summed E-state index contributed by atoms with van der Waals surface area (Å²) in [6.45, 7) is 6.98. The Morgan fingerprint density at radius 2 is 1.87 bits per heavy atom. The average molecular weight is 523 g/mol. The summed E-state index contributed by atoms with van der Waals surface area (Å²) < 4.78 is 42.9. The van der Waals surface area contributed by atoms with Crippen LogP contribution in [0.3, 0.4) is 0 Å². The van der Waals surface area contributed by atoms with Crippen LogP contribution in [0, 0.1) is 5.41 Å². The van der Waals surface area contributed by atoms with E-state index in [-0.39, 0.29) is 35.0 Å². The lowest BCUT2D eigenvalue weighted by molar-refractivity contribution is -0.168. The van der Waals surface area contributed by atoms with Crippen molar-refractivity contribution in [1.29, 1.82) is 0 Å². The van der Waals surface area contributed by atoms with Gasteiger partial charge in [-0.3, -0.25) is 0 Å². The Hall–Kier alpha value is -3.37. The molecule has 0 spiro atoms. The summed E-state index contributed by atoms with van der Waals surface area (Å²) in [5.41, 5.74) is 14.0. The monoisotopic (exact) mass is 522 g/mol. The number of halogens is 2. The van der Waals surface area contributed by atoms with E-state index in [9.17, 15) is 8.78 Å². The minimum absolute atomic E-state index is 0.0192. The number of ether oxygens (including phenoxy) is 2. The van der Waals surface area contributed by atoms with Gasteiger partial charge in [0.2, 0.25) is 0 Å². The summed E-state index contributed by atoms with van der Waals surface area (Å²) in [4.78, 5) is 12.9. The van der Waals surface area contributed by atoms with Gasteiger partial charge >= 0.3 is 0 Å². The van der Waals surface area contributed by atoms with E-state index in [1.807, 2.05) is 44.3 Å². The quantitative estimate of drug-likeness (QED) is 0.363. The van der Waals surface area contributed by atoms with Crippen molar-refractivity contribution in [2.24, 2.45) is 5.41 Å². The van der Waals surface area contributed by atoms with Crippen molar-refractivity contribution in [2.75, 3.05) is 11.5 Å². The van der Waals surface area contributed by atoms with E-state index in [0.717, 1.165) is 42.8 Å². The Balaban J connectivity index is 1.29. The first-order valence-electron chi connectivity index (χ1n) is 12.8. The van der Waals surface area contributed by atoms with Crippen LogP contribution in [-0.4, -0.2) is 37.5 Å². The summed E-state index contributed by atoms with van der Waals surface area (Å²) in [5, 5.41) is 1.46. The van der Waals surface area contributed by atoms with E-state index >= 15 is 0 Å². The normalized spacial score (nSPS) is 26.8. The van der Waals surface area contributed by atoms with Crippen molar-refractivity contribution in [3.63, 3.8) is 0 Å². The topological polar surface area (TPSA) is 114 Å². The van der Waals surface area contributed by atoms with Gasteiger partial charge in [-0.1, -0.05) is 19.1 Å². The molecule has 0 unspecified atom stereocenters. The van der Waals surface area contributed by atoms with E-state index < -0.39 is 11.7 Å². The molecular weight excluding hydrogens is 490 g/mol. The fraction of sp³-hybridized carbons (Fsp3) is 0.464. The fourth-order valence-corrected chi connectivity index (χ4v) is 6.24. The molecule has 1 saturated carbocycles. The van der Waals surface area contributed by atoms with Crippen molar-refractivity contribution < 1.29 is 18.3 Å². The van der Waals surface area contributed by atoms with Crippen molar-refractivity contribution in [1.82, 2.24) is 19.5 Å². The molecule has 6 rings (SSSR count). The maximum atomic E-state index is 13.9. The van der Waals surface area contributed by atoms with Gasteiger partial charge in [-0.15, -0.1) is 0 Å². The second kappa shape index (κ2) is 8.31. The number of benzene rings is 1. The Labute approximate surface area is 219 Å². The average Bonchev–Trinajstić information content (AvgIpc) is 3.48.